The number of alkyl halides is 3. The second-order valence-electron chi connectivity index (χ2n) is 9.12. The quantitative estimate of drug-likeness (QED) is 0.569. The molecule has 4 aliphatic carbocycles. The lowest BCUT2D eigenvalue weighted by Crippen LogP contribution is -2.44. The van der Waals surface area contributed by atoms with Gasteiger partial charge in [-0.1, -0.05) is 16.8 Å². The molecular weight excluding hydrogens is 468 g/mol. The Kier molecular flexibility index (Phi) is 5.65. The Morgan fingerprint density at radius 3 is 2.67 bits per heavy atom. The van der Waals surface area contributed by atoms with E-state index >= 15 is 0 Å². The number of halogens is 5. The highest BCUT2D eigenvalue weighted by Crippen LogP contribution is 2.60. The van der Waals surface area contributed by atoms with E-state index < -0.39 is 24.4 Å². The molecule has 1 aromatic heterocycles. The fourth-order valence-electron chi connectivity index (χ4n) is 5.18. The molecule has 1 aromatic carbocycles. The van der Waals surface area contributed by atoms with Gasteiger partial charge in [-0.05, 0) is 43.4 Å². The topological polar surface area (TPSA) is 73.6 Å². The van der Waals surface area contributed by atoms with Crippen molar-refractivity contribution >= 4 is 17.5 Å². The summed E-state index contributed by atoms with van der Waals surface area (Å²) in [5, 5.41) is 7.28. The van der Waals surface area contributed by atoms with E-state index in [2.05, 4.69) is 15.2 Å². The zero-order valence-corrected chi connectivity index (χ0v) is 18.1. The van der Waals surface area contributed by atoms with Crippen molar-refractivity contribution in [2.45, 2.75) is 62.1 Å². The third-order valence-corrected chi connectivity index (χ3v) is 7.11. The molecule has 4 aliphatic rings. The van der Waals surface area contributed by atoms with Crippen molar-refractivity contribution < 1.29 is 36.4 Å². The van der Waals surface area contributed by atoms with Crippen LogP contribution in [-0.4, -0.2) is 42.3 Å². The van der Waals surface area contributed by atoms with Gasteiger partial charge in [-0.2, -0.15) is 0 Å². The number of benzene rings is 1. The van der Waals surface area contributed by atoms with Gasteiger partial charge in [0, 0.05) is 41.0 Å². The van der Waals surface area contributed by atoms with Gasteiger partial charge in [-0.25, -0.2) is 4.39 Å². The summed E-state index contributed by atoms with van der Waals surface area (Å²) in [4.78, 5) is 12.3. The van der Waals surface area contributed by atoms with Crippen molar-refractivity contribution in [3.05, 3.63) is 40.9 Å². The highest BCUT2D eigenvalue weighted by Gasteiger charge is 2.59. The number of amides is 1. The number of ether oxygens (including phenoxy) is 2. The second-order valence-corrected chi connectivity index (χ2v) is 9.55. The van der Waals surface area contributed by atoms with E-state index in [0.29, 0.717) is 34.4 Å². The van der Waals surface area contributed by atoms with E-state index in [-0.39, 0.29) is 36.8 Å². The smallest absolute Gasteiger partial charge is 0.368 e. The van der Waals surface area contributed by atoms with Crippen LogP contribution < -0.4 is 5.32 Å². The van der Waals surface area contributed by atoms with Gasteiger partial charge in [0.2, 0.25) is 5.91 Å². The molecule has 0 aliphatic heterocycles. The number of rotatable bonds is 7. The molecule has 178 valence electrons. The number of fused-ring (bicyclic) bond motifs is 1. The van der Waals surface area contributed by atoms with Crippen molar-refractivity contribution in [2.75, 3.05) is 6.61 Å². The first-order chi connectivity index (χ1) is 15.6. The molecule has 1 unspecified atom stereocenters. The van der Waals surface area contributed by atoms with Gasteiger partial charge in [-0.3, -0.25) is 9.53 Å². The number of carbonyl (C=O) groups excluding carboxylic acids is 1. The predicted octanol–water partition coefficient (Wildman–Crippen LogP) is 4.75. The first-order valence-corrected chi connectivity index (χ1v) is 11.1. The number of hydrogen-bond donors (Lipinski definition) is 1. The molecule has 0 spiro atoms. The van der Waals surface area contributed by atoms with Gasteiger partial charge < -0.3 is 14.6 Å². The average molecular weight is 489 g/mol. The molecule has 6 rings (SSSR count). The van der Waals surface area contributed by atoms with Crippen LogP contribution in [0.15, 0.2) is 28.8 Å². The summed E-state index contributed by atoms with van der Waals surface area (Å²) in [6.45, 7) is -0.206. The van der Waals surface area contributed by atoms with E-state index in [4.69, 9.17) is 20.9 Å². The number of aromatic nitrogens is 1. The summed E-state index contributed by atoms with van der Waals surface area (Å²) < 4.78 is 65.5. The number of nitrogens with zero attached hydrogens (tertiary/aromatic N) is 1. The van der Waals surface area contributed by atoms with E-state index in [1.54, 1.807) is 18.2 Å². The van der Waals surface area contributed by atoms with Crippen molar-refractivity contribution in [1.82, 2.24) is 10.5 Å². The Morgan fingerprint density at radius 2 is 1.97 bits per heavy atom. The minimum absolute atomic E-state index is 0.0513. The summed E-state index contributed by atoms with van der Waals surface area (Å²) in [7, 11) is 0. The molecule has 6 nitrogen and oxygen atoms in total. The van der Waals surface area contributed by atoms with Crippen LogP contribution in [0.1, 0.15) is 37.9 Å². The number of hydrogen-bond acceptors (Lipinski definition) is 5. The van der Waals surface area contributed by atoms with Crippen LogP contribution in [0, 0.1) is 11.7 Å². The molecule has 1 amide bonds. The maximum atomic E-state index is 14.2. The fraction of sp³-hybridized carbons (Fsp3) is 0.545. The lowest BCUT2D eigenvalue weighted by atomic mass is 9.68. The van der Waals surface area contributed by atoms with Crippen molar-refractivity contribution in [2.24, 2.45) is 5.92 Å². The van der Waals surface area contributed by atoms with Crippen molar-refractivity contribution in [3.8, 4) is 11.3 Å². The van der Waals surface area contributed by atoms with Gasteiger partial charge in [0.05, 0.1) is 12.2 Å². The number of nitrogens with one attached hydrogen (secondary N) is 1. The van der Waals surface area contributed by atoms with Gasteiger partial charge in [-0.15, -0.1) is 13.2 Å². The van der Waals surface area contributed by atoms with Crippen LogP contribution in [0.3, 0.4) is 0 Å². The zero-order valence-electron chi connectivity index (χ0n) is 17.3. The third-order valence-electron chi connectivity index (χ3n) is 6.87. The van der Waals surface area contributed by atoms with E-state index in [0.717, 1.165) is 12.8 Å². The van der Waals surface area contributed by atoms with Crippen molar-refractivity contribution in [1.29, 1.82) is 0 Å². The zero-order chi connectivity index (χ0) is 23.4. The fourth-order valence-corrected chi connectivity index (χ4v) is 5.34. The maximum Gasteiger partial charge on any atom is 0.522 e. The van der Waals surface area contributed by atoms with Gasteiger partial charge in [0.15, 0.2) is 0 Å². The minimum Gasteiger partial charge on any atom is -0.368 e. The normalized spacial score (nSPS) is 30.6. The van der Waals surface area contributed by atoms with Gasteiger partial charge in [0.1, 0.15) is 23.9 Å². The maximum absolute atomic E-state index is 14.2. The Bertz CT molecular complexity index is 1050. The monoisotopic (exact) mass is 488 g/mol. The second kappa shape index (κ2) is 8.25. The van der Waals surface area contributed by atoms with Crippen LogP contribution in [0.2, 0.25) is 5.02 Å². The predicted molar refractivity (Wildman–Crippen MR) is 108 cm³/mol. The lowest BCUT2D eigenvalue weighted by molar-refractivity contribution is -0.357. The molecule has 2 bridgehead atoms. The average Bonchev–Trinajstić information content (AvgIpc) is 3.35. The molecule has 0 saturated heterocycles. The molecule has 2 aromatic rings. The van der Waals surface area contributed by atoms with Crippen LogP contribution in [0.5, 0.6) is 0 Å². The molecular formula is C22H21ClF4N2O4. The van der Waals surface area contributed by atoms with Gasteiger partial charge >= 0.3 is 6.36 Å². The molecule has 4 fully saturated rings. The SMILES string of the molecule is O=C(COC1CC(OC(F)(F)F)C1)NC1CC2(c3cc(-c4ccc(Cl)cc4F)no3)CC1C2. The highest BCUT2D eigenvalue weighted by atomic mass is 35.5. The lowest BCUT2D eigenvalue weighted by Gasteiger charge is -2.36. The molecule has 1 N–H and O–H groups in total. The summed E-state index contributed by atoms with van der Waals surface area (Å²) in [5.41, 5.74) is 0.458. The first-order valence-electron chi connectivity index (χ1n) is 10.7. The largest absolute Gasteiger partial charge is 0.522 e. The van der Waals surface area contributed by atoms with Crippen LogP contribution in [0.4, 0.5) is 17.6 Å². The summed E-state index contributed by atoms with van der Waals surface area (Å²) in [6.07, 6.45) is -3.41. The Morgan fingerprint density at radius 1 is 1.21 bits per heavy atom. The standard InChI is InChI=1S/C22H21ClF4N2O4/c23-12-1-2-15(16(24)3-12)17-6-19(33-29-17)21-7-11(8-21)18(9-21)28-20(30)10-31-13-4-14(5-13)32-22(25,26)27/h1-3,6,11,13-14,18H,4-5,7-10H2,(H,28,30). The third kappa shape index (κ3) is 4.61. The minimum atomic E-state index is -4.65. The molecule has 11 heteroatoms. The summed E-state index contributed by atoms with van der Waals surface area (Å²) in [6, 6.07) is 6.05. The first kappa shape index (κ1) is 22.6. The molecule has 1 atom stereocenters. The summed E-state index contributed by atoms with van der Waals surface area (Å²) in [5.74, 6) is 0.180. The van der Waals surface area contributed by atoms with Crippen LogP contribution >= 0.6 is 11.6 Å². The Hall–Kier alpha value is -2.17. The number of carbonyl (C=O) groups is 1. The highest BCUT2D eigenvalue weighted by molar-refractivity contribution is 6.30. The van der Waals surface area contributed by atoms with Crippen molar-refractivity contribution in [3.63, 3.8) is 0 Å². The van der Waals surface area contributed by atoms with E-state index in [9.17, 15) is 22.4 Å². The Balaban J connectivity index is 1.11. The molecule has 4 saturated carbocycles. The van der Waals surface area contributed by atoms with E-state index in [1.165, 1.54) is 6.07 Å². The molecule has 1 heterocycles. The summed E-state index contributed by atoms with van der Waals surface area (Å²) >= 11 is 5.81. The van der Waals surface area contributed by atoms with E-state index in [1.807, 2.05) is 0 Å². The van der Waals surface area contributed by atoms with Crippen LogP contribution in [0.25, 0.3) is 11.3 Å². The Labute approximate surface area is 191 Å². The molecule has 33 heavy (non-hydrogen) atoms. The van der Waals surface area contributed by atoms with Crippen LogP contribution in [-0.2, 0) is 19.7 Å². The molecule has 0 radical (unpaired) electrons. The van der Waals surface area contributed by atoms with Gasteiger partial charge in [0.25, 0.3) is 0 Å².